The Morgan fingerprint density at radius 1 is 1.24 bits per heavy atom. The third kappa shape index (κ3) is 5.73. The zero-order chi connectivity index (χ0) is 24.3. The van der Waals surface area contributed by atoms with Crippen LogP contribution in [0.2, 0.25) is 0 Å². The molecule has 6 nitrogen and oxygen atoms in total. The predicted molar refractivity (Wildman–Crippen MR) is 116 cm³/mol. The fourth-order valence-electron chi connectivity index (χ4n) is 3.58. The topological polar surface area (TPSA) is 81.7 Å². The van der Waals surface area contributed by atoms with Crippen molar-refractivity contribution in [2.45, 2.75) is 52.3 Å². The summed E-state index contributed by atoms with van der Waals surface area (Å²) < 4.78 is 48.9. The smallest absolute Gasteiger partial charge is 0.416 e. The van der Waals surface area contributed by atoms with Crippen molar-refractivity contribution in [1.29, 1.82) is 0 Å². The second kappa shape index (κ2) is 9.94. The van der Waals surface area contributed by atoms with E-state index in [2.05, 4.69) is 12.2 Å². The Balaban J connectivity index is 1.76. The van der Waals surface area contributed by atoms with E-state index >= 15 is 0 Å². The van der Waals surface area contributed by atoms with E-state index < -0.39 is 35.7 Å². The lowest BCUT2D eigenvalue weighted by Gasteiger charge is -2.18. The molecule has 3 rings (SSSR count). The molecule has 1 heterocycles. The van der Waals surface area contributed by atoms with Gasteiger partial charge < -0.3 is 14.8 Å². The number of anilines is 1. The number of fused-ring (bicyclic) bond motifs is 1. The van der Waals surface area contributed by atoms with Crippen LogP contribution in [0.25, 0.3) is 0 Å². The van der Waals surface area contributed by atoms with Crippen molar-refractivity contribution in [3.8, 4) is 0 Å². The first-order chi connectivity index (χ1) is 15.5. The molecule has 1 aliphatic rings. The minimum Gasteiger partial charge on any atom is -0.462 e. The van der Waals surface area contributed by atoms with E-state index in [0.717, 1.165) is 35.4 Å². The largest absolute Gasteiger partial charge is 0.462 e. The number of carbonyl (C=O) groups excluding carboxylic acids is 3. The number of thiophene rings is 1. The van der Waals surface area contributed by atoms with E-state index in [1.165, 1.54) is 24.3 Å². The maximum Gasteiger partial charge on any atom is 0.416 e. The van der Waals surface area contributed by atoms with Gasteiger partial charge in [-0.3, -0.25) is 4.79 Å². The molecule has 33 heavy (non-hydrogen) atoms. The molecule has 2 aromatic rings. The molecule has 0 fully saturated rings. The van der Waals surface area contributed by atoms with Gasteiger partial charge in [0.1, 0.15) is 5.00 Å². The van der Waals surface area contributed by atoms with Crippen molar-refractivity contribution < 1.29 is 37.0 Å². The normalized spacial score (nSPS) is 16.5. The van der Waals surface area contributed by atoms with Crippen LogP contribution in [0.3, 0.4) is 0 Å². The summed E-state index contributed by atoms with van der Waals surface area (Å²) in [4.78, 5) is 38.6. The molecular weight excluding hydrogens is 459 g/mol. The number of hydrogen-bond acceptors (Lipinski definition) is 6. The second-order valence-corrected chi connectivity index (χ2v) is 9.00. The van der Waals surface area contributed by atoms with Crippen LogP contribution in [0.15, 0.2) is 24.3 Å². The standard InChI is InChI=1S/C23H24F3NO5S/c1-4-31-22(30)18-16-9-8-12(2)10-17(16)33-20(18)27-19(28)13(3)32-21(29)14-6-5-7-15(11-14)23(24,25)26/h5-7,11-13H,4,8-10H2,1-3H3,(H,27,28). The lowest BCUT2D eigenvalue weighted by atomic mass is 9.88. The summed E-state index contributed by atoms with van der Waals surface area (Å²) in [5.41, 5.74) is -0.141. The Morgan fingerprint density at radius 3 is 2.64 bits per heavy atom. The minimum absolute atomic E-state index is 0.179. The van der Waals surface area contributed by atoms with Crippen LogP contribution in [0.5, 0.6) is 0 Å². The monoisotopic (exact) mass is 483 g/mol. The fraction of sp³-hybridized carbons (Fsp3) is 0.435. The lowest BCUT2D eigenvalue weighted by molar-refractivity contribution is -0.137. The Bertz CT molecular complexity index is 1060. The second-order valence-electron chi connectivity index (χ2n) is 7.89. The van der Waals surface area contributed by atoms with Crippen LogP contribution in [0, 0.1) is 5.92 Å². The summed E-state index contributed by atoms with van der Waals surface area (Å²) in [6.45, 7) is 5.28. The van der Waals surface area contributed by atoms with Crippen LogP contribution in [0.4, 0.5) is 18.2 Å². The van der Waals surface area contributed by atoms with Crippen molar-refractivity contribution in [1.82, 2.24) is 0 Å². The first-order valence-corrected chi connectivity index (χ1v) is 11.3. The molecule has 0 spiro atoms. The van der Waals surface area contributed by atoms with Crippen LogP contribution >= 0.6 is 11.3 Å². The lowest BCUT2D eigenvalue weighted by Crippen LogP contribution is -2.30. The summed E-state index contributed by atoms with van der Waals surface area (Å²) in [7, 11) is 0. The van der Waals surface area contributed by atoms with Crippen LogP contribution < -0.4 is 5.32 Å². The third-order valence-electron chi connectivity index (χ3n) is 5.31. The van der Waals surface area contributed by atoms with E-state index in [1.807, 2.05) is 0 Å². The molecule has 1 aromatic heterocycles. The number of benzene rings is 1. The Morgan fingerprint density at radius 2 is 1.97 bits per heavy atom. The minimum atomic E-state index is -4.61. The Hall–Kier alpha value is -2.88. The molecule has 1 aliphatic carbocycles. The van der Waals surface area contributed by atoms with Gasteiger partial charge in [0, 0.05) is 4.88 Å². The highest BCUT2D eigenvalue weighted by atomic mass is 32.1. The highest BCUT2D eigenvalue weighted by Gasteiger charge is 2.32. The first kappa shape index (κ1) is 24.8. The summed E-state index contributed by atoms with van der Waals surface area (Å²) in [5.74, 6) is -1.85. The van der Waals surface area contributed by atoms with Gasteiger partial charge in [-0.25, -0.2) is 9.59 Å². The average molecular weight is 484 g/mol. The van der Waals surface area contributed by atoms with Gasteiger partial charge in [-0.15, -0.1) is 11.3 Å². The maximum atomic E-state index is 12.9. The number of rotatable bonds is 6. The fourth-order valence-corrected chi connectivity index (χ4v) is 4.98. The molecule has 0 bridgehead atoms. The van der Waals surface area contributed by atoms with Crippen molar-refractivity contribution in [3.05, 3.63) is 51.4 Å². The summed E-state index contributed by atoms with van der Waals surface area (Å²) in [6.07, 6.45) is -3.54. The quantitative estimate of drug-likeness (QED) is 0.568. The number of nitrogens with one attached hydrogen (secondary N) is 1. The molecule has 1 N–H and O–H groups in total. The van der Waals surface area contributed by atoms with E-state index in [4.69, 9.17) is 9.47 Å². The van der Waals surface area contributed by atoms with Crippen molar-refractivity contribution in [3.63, 3.8) is 0 Å². The third-order valence-corrected chi connectivity index (χ3v) is 6.48. The van der Waals surface area contributed by atoms with Gasteiger partial charge in [0.2, 0.25) is 0 Å². The van der Waals surface area contributed by atoms with E-state index in [9.17, 15) is 27.6 Å². The molecule has 2 atom stereocenters. The highest BCUT2D eigenvalue weighted by molar-refractivity contribution is 7.17. The summed E-state index contributed by atoms with van der Waals surface area (Å²) >= 11 is 1.29. The van der Waals surface area contributed by atoms with E-state index in [0.29, 0.717) is 29.0 Å². The van der Waals surface area contributed by atoms with Crippen molar-refractivity contribution in [2.75, 3.05) is 11.9 Å². The summed E-state index contributed by atoms with van der Waals surface area (Å²) in [6, 6.07) is 3.77. The SMILES string of the molecule is CCOC(=O)c1c(NC(=O)C(C)OC(=O)c2cccc(C(F)(F)F)c2)sc2c1CCC(C)C2. The highest BCUT2D eigenvalue weighted by Crippen LogP contribution is 2.40. The Kier molecular flexibility index (Phi) is 7.46. The van der Waals surface area contributed by atoms with Crippen molar-refractivity contribution in [2.24, 2.45) is 5.92 Å². The van der Waals surface area contributed by atoms with Gasteiger partial charge in [-0.2, -0.15) is 13.2 Å². The molecule has 1 aromatic carbocycles. The Labute approximate surface area is 193 Å². The first-order valence-electron chi connectivity index (χ1n) is 10.5. The van der Waals surface area contributed by atoms with Gasteiger partial charge in [-0.05, 0) is 62.8 Å². The molecule has 0 radical (unpaired) electrons. The number of hydrogen-bond donors (Lipinski definition) is 1. The average Bonchev–Trinajstić information content (AvgIpc) is 3.10. The number of alkyl halides is 3. The molecule has 0 saturated carbocycles. The molecule has 2 unspecified atom stereocenters. The molecule has 10 heteroatoms. The van der Waals surface area contributed by atoms with Crippen LogP contribution in [-0.2, 0) is 33.3 Å². The van der Waals surface area contributed by atoms with Gasteiger partial charge in [0.05, 0.1) is 23.3 Å². The molecule has 0 aliphatic heterocycles. The maximum absolute atomic E-state index is 12.9. The van der Waals surface area contributed by atoms with E-state index in [1.54, 1.807) is 6.92 Å². The van der Waals surface area contributed by atoms with Gasteiger partial charge in [0.25, 0.3) is 5.91 Å². The number of esters is 2. The number of halogens is 3. The molecule has 0 saturated heterocycles. The zero-order valence-corrected chi connectivity index (χ0v) is 19.2. The van der Waals surface area contributed by atoms with Crippen LogP contribution in [0.1, 0.15) is 63.9 Å². The molecular formula is C23H24F3NO5S. The zero-order valence-electron chi connectivity index (χ0n) is 18.4. The van der Waals surface area contributed by atoms with Gasteiger partial charge in [0.15, 0.2) is 6.10 Å². The van der Waals surface area contributed by atoms with Crippen LogP contribution in [-0.4, -0.2) is 30.6 Å². The predicted octanol–water partition coefficient (Wildman–Crippen LogP) is 5.25. The molecule has 178 valence electrons. The van der Waals surface area contributed by atoms with Gasteiger partial charge >= 0.3 is 18.1 Å². The summed E-state index contributed by atoms with van der Waals surface area (Å²) in [5, 5.41) is 2.95. The van der Waals surface area contributed by atoms with Gasteiger partial charge in [-0.1, -0.05) is 13.0 Å². The molecule has 1 amide bonds. The number of amides is 1. The number of carbonyl (C=O) groups is 3. The van der Waals surface area contributed by atoms with Crippen molar-refractivity contribution >= 4 is 34.2 Å². The van der Waals surface area contributed by atoms with E-state index in [-0.39, 0.29) is 12.2 Å². The number of ether oxygens (including phenoxy) is 2.